The summed E-state index contributed by atoms with van der Waals surface area (Å²) in [7, 11) is -7.63. The van der Waals surface area contributed by atoms with Gasteiger partial charge in [0, 0.05) is 23.6 Å². The van der Waals surface area contributed by atoms with Crippen molar-refractivity contribution in [3.63, 3.8) is 0 Å². The zero-order valence-electron chi connectivity index (χ0n) is 17.0. The molecule has 1 aliphatic rings. The van der Waals surface area contributed by atoms with Crippen molar-refractivity contribution >= 4 is 31.7 Å². The Bertz CT molecular complexity index is 1390. The minimum absolute atomic E-state index is 0.00417. The Kier molecular flexibility index (Phi) is 5.57. The number of aromatic carboxylic acids is 1. The van der Waals surface area contributed by atoms with Crippen LogP contribution in [0, 0.1) is 6.92 Å². The lowest BCUT2D eigenvalue weighted by Gasteiger charge is -2.13. The summed E-state index contributed by atoms with van der Waals surface area (Å²) in [5.74, 6) is -1.07. The summed E-state index contributed by atoms with van der Waals surface area (Å²) in [6.45, 7) is 1.74. The van der Waals surface area contributed by atoms with Crippen molar-refractivity contribution in [2.45, 2.75) is 35.6 Å². The third kappa shape index (κ3) is 4.54. The number of hydrogen-bond acceptors (Lipinski definition) is 5. The molecule has 11 heteroatoms. The Morgan fingerprint density at radius 3 is 2.16 bits per heavy atom. The van der Waals surface area contributed by atoms with Crippen LogP contribution < -0.4 is 9.44 Å². The SMILES string of the molecule is Cc1cc(NS(=O)(=O)c2ccc(S(=O)(=O)NC3CC3)cc2)ccc1-n1cccc1C(=O)O. The Labute approximate surface area is 185 Å². The van der Waals surface area contributed by atoms with Crippen molar-refractivity contribution in [1.29, 1.82) is 0 Å². The molecule has 9 nitrogen and oxygen atoms in total. The van der Waals surface area contributed by atoms with E-state index in [9.17, 15) is 26.7 Å². The monoisotopic (exact) mass is 475 g/mol. The summed E-state index contributed by atoms with van der Waals surface area (Å²) >= 11 is 0. The van der Waals surface area contributed by atoms with E-state index in [2.05, 4.69) is 9.44 Å². The number of rotatable bonds is 8. The molecule has 0 radical (unpaired) electrons. The topological polar surface area (TPSA) is 135 Å². The highest BCUT2D eigenvalue weighted by Gasteiger charge is 2.28. The molecule has 4 rings (SSSR count). The fraction of sp³-hybridized carbons (Fsp3) is 0.190. The van der Waals surface area contributed by atoms with E-state index in [0.717, 1.165) is 12.8 Å². The highest BCUT2D eigenvalue weighted by Crippen LogP contribution is 2.25. The first-order valence-electron chi connectivity index (χ1n) is 9.74. The number of aromatic nitrogens is 1. The molecule has 1 aromatic heterocycles. The Morgan fingerprint density at radius 1 is 0.969 bits per heavy atom. The predicted molar refractivity (Wildman–Crippen MR) is 118 cm³/mol. The summed E-state index contributed by atoms with van der Waals surface area (Å²) in [5, 5.41) is 9.30. The molecule has 2 aromatic carbocycles. The van der Waals surface area contributed by atoms with Gasteiger partial charge in [0.2, 0.25) is 10.0 Å². The van der Waals surface area contributed by atoms with Crippen molar-refractivity contribution in [1.82, 2.24) is 9.29 Å². The first kappa shape index (κ1) is 22.1. The highest BCUT2D eigenvalue weighted by atomic mass is 32.2. The van der Waals surface area contributed by atoms with E-state index in [1.807, 2.05) is 0 Å². The van der Waals surface area contributed by atoms with Gasteiger partial charge in [-0.25, -0.2) is 26.4 Å². The van der Waals surface area contributed by atoms with Gasteiger partial charge in [-0.2, -0.15) is 0 Å². The fourth-order valence-corrected chi connectivity index (χ4v) is 5.61. The average molecular weight is 476 g/mol. The highest BCUT2D eigenvalue weighted by molar-refractivity contribution is 7.92. The second kappa shape index (κ2) is 8.08. The van der Waals surface area contributed by atoms with Gasteiger partial charge in [-0.3, -0.25) is 4.72 Å². The maximum Gasteiger partial charge on any atom is 0.352 e. The number of benzene rings is 2. The molecule has 0 spiro atoms. The summed E-state index contributed by atoms with van der Waals surface area (Å²) < 4.78 is 56.5. The molecule has 0 aliphatic heterocycles. The summed E-state index contributed by atoms with van der Waals surface area (Å²) in [4.78, 5) is 11.3. The molecule has 3 aromatic rings. The van der Waals surface area contributed by atoms with E-state index >= 15 is 0 Å². The number of carbonyl (C=O) groups is 1. The van der Waals surface area contributed by atoms with E-state index in [-0.39, 0.29) is 21.5 Å². The standard InChI is InChI=1S/C21H21N3O6S2/c1-14-13-16(6-11-19(14)24-12-2-3-20(24)21(25)26)23-32(29,30)18-9-7-17(8-10-18)31(27,28)22-15-4-5-15/h2-3,6-13,15,22-23H,4-5H2,1H3,(H,25,26). The van der Waals surface area contributed by atoms with Crippen LogP contribution in [-0.4, -0.2) is 38.5 Å². The van der Waals surface area contributed by atoms with Crippen LogP contribution in [0.5, 0.6) is 0 Å². The molecule has 1 heterocycles. The summed E-state index contributed by atoms with van der Waals surface area (Å²) in [6, 6.07) is 12.8. The van der Waals surface area contributed by atoms with Crippen molar-refractivity contribution in [3.8, 4) is 5.69 Å². The van der Waals surface area contributed by atoms with Crippen LogP contribution in [0.1, 0.15) is 28.9 Å². The van der Waals surface area contributed by atoms with Gasteiger partial charge < -0.3 is 9.67 Å². The third-order valence-corrected chi connectivity index (χ3v) is 7.95. The molecule has 0 amide bonds. The lowest BCUT2D eigenvalue weighted by Crippen LogP contribution is -2.25. The molecule has 0 unspecified atom stereocenters. The lowest BCUT2D eigenvalue weighted by atomic mass is 10.1. The normalized spacial score (nSPS) is 14.3. The number of hydrogen-bond donors (Lipinski definition) is 3. The zero-order valence-corrected chi connectivity index (χ0v) is 18.7. The number of carboxylic acid groups (broad SMARTS) is 1. The molecule has 32 heavy (non-hydrogen) atoms. The second-order valence-corrected chi connectivity index (χ2v) is 10.9. The average Bonchev–Trinajstić information content (AvgIpc) is 3.38. The third-order valence-electron chi connectivity index (χ3n) is 5.02. The van der Waals surface area contributed by atoms with Crippen LogP contribution in [0.2, 0.25) is 0 Å². The first-order chi connectivity index (χ1) is 15.1. The van der Waals surface area contributed by atoms with Gasteiger partial charge in [0.1, 0.15) is 5.69 Å². The van der Waals surface area contributed by atoms with Crippen LogP contribution in [0.15, 0.2) is 70.6 Å². The molecular weight excluding hydrogens is 454 g/mol. The maximum atomic E-state index is 12.8. The van der Waals surface area contributed by atoms with Gasteiger partial charge in [-0.15, -0.1) is 0 Å². The van der Waals surface area contributed by atoms with Gasteiger partial charge in [0.15, 0.2) is 0 Å². The lowest BCUT2D eigenvalue weighted by molar-refractivity contribution is 0.0688. The molecule has 0 saturated heterocycles. The van der Waals surface area contributed by atoms with Gasteiger partial charge in [0.05, 0.1) is 9.79 Å². The number of nitrogens with one attached hydrogen (secondary N) is 2. The largest absolute Gasteiger partial charge is 0.477 e. The number of nitrogens with zero attached hydrogens (tertiary/aromatic N) is 1. The van der Waals surface area contributed by atoms with Gasteiger partial charge in [-0.05, 0) is 79.9 Å². The van der Waals surface area contributed by atoms with Crippen molar-refractivity contribution in [3.05, 3.63) is 72.1 Å². The van der Waals surface area contributed by atoms with Crippen molar-refractivity contribution in [2.75, 3.05) is 4.72 Å². The maximum absolute atomic E-state index is 12.8. The first-order valence-corrected chi connectivity index (χ1v) is 12.7. The Balaban J connectivity index is 1.55. The van der Waals surface area contributed by atoms with Crippen LogP contribution in [0.25, 0.3) is 5.69 Å². The van der Waals surface area contributed by atoms with E-state index in [4.69, 9.17) is 0 Å². The molecule has 168 valence electrons. The van der Waals surface area contributed by atoms with E-state index < -0.39 is 26.0 Å². The molecule has 1 fully saturated rings. The zero-order chi connectivity index (χ0) is 23.1. The smallest absolute Gasteiger partial charge is 0.352 e. The van der Waals surface area contributed by atoms with Crippen LogP contribution >= 0.6 is 0 Å². The minimum atomic E-state index is -3.96. The minimum Gasteiger partial charge on any atom is -0.477 e. The van der Waals surface area contributed by atoms with Gasteiger partial charge >= 0.3 is 5.97 Å². The predicted octanol–water partition coefficient (Wildman–Crippen LogP) is 2.73. The molecule has 1 aliphatic carbocycles. The number of carboxylic acids is 1. The van der Waals surface area contributed by atoms with Crippen LogP contribution in [0.4, 0.5) is 5.69 Å². The van der Waals surface area contributed by atoms with Gasteiger partial charge in [0.25, 0.3) is 10.0 Å². The van der Waals surface area contributed by atoms with E-state index in [1.54, 1.807) is 31.3 Å². The van der Waals surface area contributed by atoms with Crippen molar-refractivity contribution < 1.29 is 26.7 Å². The molecule has 0 atom stereocenters. The van der Waals surface area contributed by atoms with Crippen molar-refractivity contribution in [2.24, 2.45) is 0 Å². The summed E-state index contributed by atoms with van der Waals surface area (Å²) in [5.41, 5.74) is 1.65. The fourth-order valence-electron chi connectivity index (χ4n) is 3.26. The second-order valence-electron chi connectivity index (χ2n) is 7.54. The Hall–Kier alpha value is -3.15. The Morgan fingerprint density at radius 2 is 1.59 bits per heavy atom. The van der Waals surface area contributed by atoms with E-state index in [1.165, 1.54) is 41.0 Å². The summed E-state index contributed by atoms with van der Waals surface area (Å²) in [6.07, 6.45) is 3.22. The molecule has 1 saturated carbocycles. The molecule has 3 N–H and O–H groups in total. The number of sulfonamides is 2. The van der Waals surface area contributed by atoms with Crippen LogP contribution in [0.3, 0.4) is 0 Å². The van der Waals surface area contributed by atoms with Gasteiger partial charge in [-0.1, -0.05) is 0 Å². The molecule has 0 bridgehead atoms. The van der Waals surface area contributed by atoms with Crippen LogP contribution in [-0.2, 0) is 20.0 Å². The number of aryl methyl sites for hydroxylation is 1. The quantitative estimate of drug-likeness (QED) is 0.459. The molecular formula is C21H21N3O6S2. The number of anilines is 1. The van der Waals surface area contributed by atoms with E-state index in [0.29, 0.717) is 16.9 Å².